The molecule has 0 aliphatic heterocycles. The van der Waals surface area contributed by atoms with Gasteiger partial charge in [0, 0.05) is 23.3 Å². The standard InChI is InChI=1S/C12H18BrNO/c1-4-12(2,3)11(15)6-9-5-10(13)8-14-7-9/h5,7-8,11,15H,4,6H2,1-3H3. The summed E-state index contributed by atoms with van der Waals surface area (Å²) >= 11 is 3.38. The quantitative estimate of drug-likeness (QED) is 0.913. The molecule has 0 fully saturated rings. The van der Waals surface area contributed by atoms with E-state index in [1.165, 1.54) is 0 Å². The Morgan fingerprint density at radius 3 is 2.67 bits per heavy atom. The van der Waals surface area contributed by atoms with Gasteiger partial charge >= 0.3 is 0 Å². The second-order valence-corrected chi connectivity index (χ2v) is 5.49. The van der Waals surface area contributed by atoms with E-state index in [9.17, 15) is 5.11 Å². The Morgan fingerprint density at radius 1 is 1.47 bits per heavy atom. The van der Waals surface area contributed by atoms with E-state index in [-0.39, 0.29) is 11.5 Å². The summed E-state index contributed by atoms with van der Waals surface area (Å²) < 4.78 is 0.960. The van der Waals surface area contributed by atoms with Crippen molar-refractivity contribution in [3.63, 3.8) is 0 Å². The van der Waals surface area contributed by atoms with E-state index in [2.05, 4.69) is 41.7 Å². The largest absolute Gasteiger partial charge is 0.392 e. The summed E-state index contributed by atoms with van der Waals surface area (Å²) in [6.07, 6.45) is 4.86. The summed E-state index contributed by atoms with van der Waals surface area (Å²) in [4.78, 5) is 4.09. The molecule has 0 aliphatic rings. The number of rotatable bonds is 4. The van der Waals surface area contributed by atoms with Crippen LogP contribution in [-0.2, 0) is 6.42 Å². The molecule has 0 bridgehead atoms. The number of aromatic nitrogens is 1. The van der Waals surface area contributed by atoms with Crippen LogP contribution in [0.3, 0.4) is 0 Å². The normalized spacial score (nSPS) is 13.9. The van der Waals surface area contributed by atoms with E-state index < -0.39 is 0 Å². The second kappa shape index (κ2) is 5.08. The average Bonchev–Trinajstić information content (AvgIpc) is 2.17. The Balaban J connectivity index is 2.70. The summed E-state index contributed by atoms with van der Waals surface area (Å²) in [5.41, 5.74) is 1.03. The van der Waals surface area contributed by atoms with Crippen LogP contribution in [0.25, 0.3) is 0 Å². The Morgan fingerprint density at radius 2 is 2.13 bits per heavy atom. The molecule has 3 heteroatoms. The van der Waals surface area contributed by atoms with Crippen LogP contribution in [0.5, 0.6) is 0 Å². The molecular formula is C12H18BrNO. The van der Waals surface area contributed by atoms with Crippen LogP contribution in [0.4, 0.5) is 0 Å². The van der Waals surface area contributed by atoms with Crippen molar-refractivity contribution in [3.05, 3.63) is 28.5 Å². The summed E-state index contributed by atoms with van der Waals surface area (Å²) in [5, 5.41) is 10.1. The first kappa shape index (κ1) is 12.7. The monoisotopic (exact) mass is 271 g/mol. The number of halogens is 1. The molecule has 0 radical (unpaired) electrons. The SMILES string of the molecule is CCC(C)(C)C(O)Cc1cncc(Br)c1. The zero-order valence-corrected chi connectivity index (χ0v) is 11.1. The molecule has 84 valence electrons. The predicted octanol–water partition coefficient (Wildman–Crippen LogP) is 3.18. The van der Waals surface area contributed by atoms with Crippen LogP contribution in [0.1, 0.15) is 32.8 Å². The van der Waals surface area contributed by atoms with Gasteiger partial charge in [-0.1, -0.05) is 20.8 Å². The summed E-state index contributed by atoms with van der Waals surface area (Å²) in [7, 11) is 0. The Bertz CT molecular complexity index is 325. The number of hydrogen-bond acceptors (Lipinski definition) is 2. The highest BCUT2D eigenvalue weighted by molar-refractivity contribution is 9.10. The van der Waals surface area contributed by atoms with Crippen LogP contribution in [0.2, 0.25) is 0 Å². The van der Waals surface area contributed by atoms with Crippen LogP contribution < -0.4 is 0 Å². The van der Waals surface area contributed by atoms with E-state index in [1.54, 1.807) is 12.4 Å². The molecule has 1 atom stereocenters. The van der Waals surface area contributed by atoms with Crippen LogP contribution in [-0.4, -0.2) is 16.2 Å². The topological polar surface area (TPSA) is 33.1 Å². The first-order valence-electron chi connectivity index (χ1n) is 5.23. The summed E-state index contributed by atoms with van der Waals surface area (Å²) in [6, 6.07) is 2.00. The fourth-order valence-corrected chi connectivity index (χ4v) is 1.71. The summed E-state index contributed by atoms with van der Waals surface area (Å²) in [6.45, 7) is 6.27. The molecule has 0 saturated carbocycles. The number of aliphatic hydroxyl groups is 1. The number of aliphatic hydroxyl groups excluding tert-OH is 1. The predicted molar refractivity (Wildman–Crippen MR) is 65.7 cm³/mol. The van der Waals surface area contributed by atoms with Crippen molar-refractivity contribution >= 4 is 15.9 Å². The maximum Gasteiger partial charge on any atom is 0.0631 e. The molecule has 1 heterocycles. The zero-order valence-electron chi connectivity index (χ0n) is 9.50. The number of pyridine rings is 1. The van der Waals surface area contributed by atoms with Crippen LogP contribution in [0.15, 0.2) is 22.9 Å². The van der Waals surface area contributed by atoms with Gasteiger partial charge in [-0.05, 0) is 39.4 Å². The van der Waals surface area contributed by atoms with Gasteiger partial charge < -0.3 is 5.11 Å². The molecule has 1 rings (SSSR count). The van der Waals surface area contributed by atoms with Crippen molar-refractivity contribution in [2.45, 2.75) is 39.7 Å². The van der Waals surface area contributed by atoms with Crippen LogP contribution in [0, 0.1) is 5.41 Å². The summed E-state index contributed by atoms with van der Waals surface area (Å²) in [5.74, 6) is 0. The van der Waals surface area contributed by atoms with Crippen molar-refractivity contribution in [1.29, 1.82) is 0 Å². The van der Waals surface area contributed by atoms with E-state index >= 15 is 0 Å². The smallest absolute Gasteiger partial charge is 0.0631 e. The van der Waals surface area contributed by atoms with Gasteiger partial charge in [0.25, 0.3) is 0 Å². The molecular weight excluding hydrogens is 254 g/mol. The molecule has 0 amide bonds. The lowest BCUT2D eigenvalue weighted by molar-refractivity contribution is 0.0479. The highest BCUT2D eigenvalue weighted by Crippen LogP contribution is 2.27. The molecule has 1 aromatic rings. The van der Waals surface area contributed by atoms with Crippen LogP contribution >= 0.6 is 15.9 Å². The van der Waals surface area contributed by atoms with Crippen molar-refractivity contribution in [1.82, 2.24) is 4.98 Å². The van der Waals surface area contributed by atoms with E-state index in [0.29, 0.717) is 6.42 Å². The maximum absolute atomic E-state index is 10.1. The molecule has 2 nitrogen and oxygen atoms in total. The lowest BCUT2D eigenvalue weighted by Gasteiger charge is -2.29. The lowest BCUT2D eigenvalue weighted by Crippen LogP contribution is -2.30. The molecule has 0 aromatic carbocycles. The first-order chi connectivity index (χ1) is 6.95. The van der Waals surface area contributed by atoms with Gasteiger partial charge in [-0.2, -0.15) is 0 Å². The molecule has 1 unspecified atom stereocenters. The minimum atomic E-state index is -0.321. The molecule has 0 spiro atoms. The minimum absolute atomic E-state index is 0.0394. The highest BCUT2D eigenvalue weighted by atomic mass is 79.9. The van der Waals surface area contributed by atoms with Gasteiger partial charge in [0.15, 0.2) is 0 Å². The molecule has 1 N–H and O–H groups in total. The van der Waals surface area contributed by atoms with E-state index in [1.807, 2.05) is 6.07 Å². The third-order valence-corrected chi connectivity index (χ3v) is 3.44. The highest BCUT2D eigenvalue weighted by Gasteiger charge is 2.25. The third kappa shape index (κ3) is 3.58. The zero-order chi connectivity index (χ0) is 11.5. The van der Waals surface area contributed by atoms with E-state index in [4.69, 9.17) is 0 Å². The Labute approximate surface area is 99.9 Å². The van der Waals surface area contributed by atoms with Gasteiger partial charge in [0.05, 0.1) is 6.10 Å². The van der Waals surface area contributed by atoms with Gasteiger partial charge in [-0.25, -0.2) is 0 Å². The fraction of sp³-hybridized carbons (Fsp3) is 0.583. The van der Waals surface area contributed by atoms with Gasteiger partial charge in [-0.3, -0.25) is 4.98 Å². The Kier molecular flexibility index (Phi) is 4.29. The first-order valence-corrected chi connectivity index (χ1v) is 6.02. The van der Waals surface area contributed by atoms with Gasteiger partial charge in [0.1, 0.15) is 0 Å². The lowest BCUT2D eigenvalue weighted by atomic mass is 9.81. The van der Waals surface area contributed by atoms with Crippen molar-refractivity contribution in [2.75, 3.05) is 0 Å². The second-order valence-electron chi connectivity index (χ2n) is 4.57. The fourth-order valence-electron chi connectivity index (χ4n) is 1.30. The molecule has 1 aromatic heterocycles. The number of hydrogen-bond donors (Lipinski definition) is 1. The van der Waals surface area contributed by atoms with Crippen molar-refractivity contribution in [3.8, 4) is 0 Å². The molecule has 15 heavy (non-hydrogen) atoms. The van der Waals surface area contributed by atoms with E-state index in [0.717, 1.165) is 16.5 Å². The van der Waals surface area contributed by atoms with Gasteiger partial charge in [0.2, 0.25) is 0 Å². The molecule has 0 saturated heterocycles. The van der Waals surface area contributed by atoms with Crippen molar-refractivity contribution < 1.29 is 5.11 Å². The van der Waals surface area contributed by atoms with Gasteiger partial charge in [-0.15, -0.1) is 0 Å². The minimum Gasteiger partial charge on any atom is -0.392 e. The maximum atomic E-state index is 10.1. The Hall–Kier alpha value is -0.410. The molecule has 0 aliphatic carbocycles. The van der Waals surface area contributed by atoms with Crippen molar-refractivity contribution in [2.24, 2.45) is 5.41 Å². The number of nitrogens with zero attached hydrogens (tertiary/aromatic N) is 1. The average molecular weight is 272 g/mol. The third-order valence-electron chi connectivity index (χ3n) is 3.00.